The van der Waals surface area contributed by atoms with Crippen molar-refractivity contribution in [1.29, 1.82) is 0 Å². The van der Waals surface area contributed by atoms with Gasteiger partial charge in [0, 0.05) is 18.4 Å². The molecule has 0 radical (unpaired) electrons. The Morgan fingerprint density at radius 3 is 2.27 bits per heavy atom. The summed E-state index contributed by atoms with van der Waals surface area (Å²) in [4.78, 5) is 26.3. The Morgan fingerprint density at radius 2 is 1.69 bits per heavy atom. The van der Waals surface area contributed by atoms with Crippen molar-refractivity contribution in [2.45, 2.75) is 25.8 Å². The van der Waals surface area contributed by atoms with Gasteiger partial charge in [0.1, 0.15) is 5.54 Å². The Balaban J connectivity index is 1.73. The molecular weight excluding hydrogens is 328 g/mol. The molecule has 1 aliphatic rings. The lowest BCUT2D eigenvalue weighted by atomic mass is 10.00. The molecule has 6 heteroatoms. The summed E-state index contributed by atoms with van der Waals surface area (Å²) in [5, 5.41) is 7.64. The zero-order valence-electron chi connectivity index (χ0n) is 15.1. The summed E-state index contributed by atoms with van der Waals surface area (Å²) < 4.78 is 0. The highest BCUT2D eigenvalue weighted by atomic mass is 16.2. The molecule has 1 heterocycles. The van der Waals surface area contributed by atoms with E-state index < -0.39 is 11.6 Å². The maximum absolute atomic E-state index is 12.3. The van der Waals surface area contributed by atoms with Crippen LogP contribution in [0.2, 0.25) is 0 Å². The van der Waals surface area contributed by atoms with Crippen LogP contribution < -0.4 is 10.2 Å². The number of nitrogens with zero attached hydrogens (tertiary/aromatic N) is 3. The van der Waals surface area contributed by atoms with Crippen LogP contribution in [0.4, 0.5) is 16.2 Å². The number of carbonyl (C=O) groups is 2. The Kier molecular flexibility index (Phi) is 4.75. The number of benzene rings is 2. The molecule has 1 N–H and O–H groups in total. The normalized spacial score (nSPS) is 19.9. The molecule has 0 saturated carbocycles. The average Bonchev–Trinajstić information content (AvgIpc) is 2.89. The third-order valence-corrected chi connectivity index (χ3v) is 4.69. The van der Waals surface area contributed by atoms with Gasteiger partial charge in [-0.25, -0.2) is 4.79 Å². The molecule has 2 aromatic rings. The van der Waals surface area contributed by atoms with Crippen molar-refractivity contribution in [2.75, 3.05) is 11.9 Å². The van der Waals surface area contributed by atoms with Crippen molar-refractivity contribution in [3.05, 3.63) is 60.2 Å². The number of hydrazone groups is 1. The number of rotatable bonds is 5. The number of urea groups is 1. The highest BCUT2D eigenvalue weighted by molar-refractivity contribution is 6.07. The van der Waals surface area contributed by atoms with E-state index in [0.717, 1.165) is 21.9 Å². The van der Waals surface area contributed by atoms with E-state index in [1.165, 1.54) is 6.21 Å². The van der Waals surface area contributed by atoms with E-state index in [1.54, 1.807) is 6.92 Å². The van der Waals surface area contributed by atoms with Crippen LogP contribution in [-0.4, -0.2) is 35.7 Å². The highest BCUT2D eigenvalue weighted by Crippen LogP contribution is 2.23. The molecule has 1 saturated heterocycles. The molecule has 0 bridgehead atoms. The van der Waals surface area contributed by atoms with Crippen molar-refractivity contribution < 1.29 is 9.59 Å². The zero-order valence-corrected chi connectivity index (χ0v) is 15.1. The van der Waals surface area contributed by atoms with Gasteiger partial charge in [0.05, 0.1) is 6.21 Å². The van der Waals surface area contributed by atoms with Gasteiger partial charge in [-0.15, -0.1) is 5.01 Å². The second-order valence-corrected chi connectivity index (χ2v) is 6.46. The fraction of sp³-hybridized carbons (Fsp3) is 0.250. The third kappa shape index (κ3) is 3.31. The summed E-state index contributed by atoms with van der Waals surface area (Å²) in [6, 6.07) is 17.3. The lowest BCUT2D eigenvalue weighted by Crippen LogP contribution is -2.42. The molecule has 1 fully saturated rings. The fourth-order valence-corrected chi connectivity index (χ4v) is 2.72. The van der Waals surface area contributed by atoms with Gasteiger partial charge in [0.2, 0.25) is 0 Å². The minimum atomic E-state index is -0.878. The molecule has 1 aliphatic heterocycles. The Morgan fingerprint density at radius 1 is 1.08 bits per heavy atom. The van der Waals surface area contributed by atoms with E-state index in [4.69, 9.17) is 0 Å². The van der Waals surface area contributed by atoms with Crippen molar-refractivity contribution in [2.24, 2.45) is 5.10 Å². The molecule has 6 nitrogen and oxygen atoms in total. The maximum atomic E-state index is 12.3. The SMILES string of the molecule is CC[C@@]1(C)NC(=O)N(/N=C\c2ccc(N(C)c3ccccc3)cc2)C1=O. The molecule has 1 atom stereocenters. The Hall–Kier alpha value is -3.15. The van der Waals surface area contributed by atoms with E-state index in [0.29, 0.717) is 6.42 Å². The summed E-state index contributed by atoms with van der Waals surface area (Å²) in [5.41, 5.74) is 2.05. The lowest BCUT2D eigenvalue weighted by Gasteiger charge is -2.19. The molecule has 3 amide bonds. The van der Waals surface area contributed by atoms with Crippen LogP contribution in [0.1, 0.15) is 25.8 Å². The zero-order chi connectivity index (χ0) is 18.7. The molecule has 0 spiro atoms. The average molecular weight is 350 g/mol. The lowest BCUT2D eigenvalue weighted by molar-refractivity contribution is -0.130. The van der Waals surface area contributed by atoms with Crippen LogP contribution in [0.25, 0.3) is 0 Å². The topological polar surface area (TPSA) is 65.0 Å². The summed E-state index contributed by atoms with van der Waals surface area (Å²) >= 11 is 0. The Bertz CT molecular complexity index is 833. The molecule has 2 aromatic carbocycles. The van der Waals surface area contributed by atoms with Gasteiger partial charge in [-0.2, -0.15) is 5.10 Å². The number of hydrogen-bond donors (Lipinski definition) is 1. The van der Waals surface area contributed by atoms with Crippen LogP contribution in [0, 0.1) is 0 Å². The standard InChI is InChI=1S/C20H22N4O2/c1-4-20(2)18(25)24(19(26)22-20)21-14-15-10-12-17(13-11-15)23(3)16-8-6-5-7-9-16/h5-14H,4H2,1-3H3,(H,22,26)/b21-14-/t20-/m1/s1. The van der Waals surface area contributed by atoms with Crippen LogP contribution in [-0.2, 0) is 4.79 Å². The molecular formula is C20H22N4O2. The first kappa shape index (κ1) is 17.7. The van der Waals surface area contributed by atoms with Gasteiger partial charge in [-0.05, 0) is 43.2 Å². The number of anilines is 2. The second-order valence-electron chi connectivity index (χ2n) is 6.46. The first-order valence-electron chi connectivity index (χ1n) is 8.54. The molecule has 3 rings (SSSR count). The monoisotopic (exact) mass is 350 g/mol. The largest absolute Gasteiger partial charge is 0.346 e. The van der Waals surface area contributed by atoms with E-state index in [2.05, 4.69) is 15.3 Å². The van der Waals surface area contributed by atoms with Gasteiger partial charge in [0.25, 0.3) is 5.91 Å². The summed E-state index contributed by atoms with van der Waals surface area (Å²) in [6.45, 7) is 3.56. The van der Waals surface area contributed by atoms with Crippen molar-refractivity contribution >= 4 is 29.5 Å². The summed E-state index contributed by atoms with van der Waals surface area (Å²) in [5.74, 6) is -0.332. The van der Waals surface area contributed by atoms with Gasteiger partial charge in [0.15, 0.2) is 0 Å². The summed E-state index contributed by atoms with van der Waals surface area (Å²) in [7, 11) is 2.00. The number of carbonyl (C=O) groups excluding carboxylic acids is 2. The quantitative estimate of drug-likeness (QED) is 0.663. The minimum absolute atomic E-state index is 0.332. The molecule has 26 heavy (non-hydrogen) atoms. The predicted octanol–water partition coefficient (Wildman–Crippen LogP) is 3.51. The number of imide groups is 1. The van der Waals surface area contributed by atoms with Crippen LogP contribution >= 0.6 is 0 Å². The second kappa shape index (κ2) is 7.00. The van der Waals surface area contributed by atoms with Gasteiger partial charge >= 0.3 is 6.03 Å². The molecule has 0 aliphatic carbocycles. The van der Waals surface area contributed by atoms with Crippen molar-refractivity contribution in [1.82, 2.24) is 10.3 Å². The number of hydrogen-bond acceptors (Lipinski definition) is 4. The highest BCUT2D eigenvalue weighted by Gasteiger charge is 2.46. The maximum Gasteiger partial charge on any atom is 0.346 e. The van der Waals surface area contributed by atoms with Gasteiger partial charge in [-0.1, -0.05) is 37.3 Å². The smallest absolute Gasteiger partial charge is 0.345 e. The number of amides is 3. The Labute approximate surface area is 153 Å². The fourth-order valence-electron chi connectivity index (χ4n) is 2.72. The van der Waals surface area contributed by atoms with Gasteiger partial charge in [-0.3, -0.25) is 4.79 Å². The third-order valence-electron chi connectivity index (χ3n) is 4.69. The number of para-hydroxylation sites is 1. The molecule has 0 unspecified atom stereocenters. The molecule has 0 aromatic heterocycles. The predicted molar refractivity (Wildman–Crippen MR) is 103 cm³/mol. The van der Waals surface area contributed by atoms with E-state index in [-0.39, 0.29) is 5.91 Å². The van der Waals surface area contributed by atoms with Crippen LogP contribution in [0.15, 0.2) is 59.7 Å². The summed E-state index contributed by atoms with van der Waals surface area (Å²) in [6.07, 6.45) is 2.04. The van der Waals surface area contributed by atoms with E-state index in [1.807, 2.05) is 68.6 Å². The first-order valence-corrected chi connectivity index (χ1v) is 8.54. The molecule has 134 valence electrons. The van der Waals surface area contributed by atoms with E-state index in [9.17, 15) is 9.59 Å². The van der Waals surface area contributed by atoms with E-state index >= 15 is 0 Å². The first-order chi connectivity index (χ1) is 12.4. The minimum Gasteiger partial charge on any atom is -0.345 e. The van der Waals surface area contributed by atoms with Gasteiger partial charge < -0.3 is 10.2 Å². The van der Waals surface area contributed by atoms with Crippen LogP contribution in [0.3, 0.4) is 0 Å². The number of nitrogens with one attached hydrogen (secondary N) is 1. The van der Waals surface area contributed by atoms with Crippen LogP contribution in [0.5, 0.6) is 0 Å². The van der Waals surface area contributed by atoms with Crippen molar-refractivity contribution in [3.63, 3.8) is 0 Å². The van der Waals surface area contributed by atoms with Crippen molar-refractivity contribution in [3.8, 4) is 0 Å².